The molecule has 20 heavy (non-hydrogen) atoms. The average molecular weight is 277 g/mol. The van der Waals surface area contributed by atoms with Crippen molar-refractivity contribution in [2.75, 3.05) is 37.6 Å². The van der Waals surface area contributed by atoms with E-state index in [-0.39, 0.29) is 11.7 Å². The summed E-state index contributed by atoms with van der Waals surface area (Å²) in [7, 11) is 0. The molecule has 1 heterocycles. The van der Waals surface area contributed by atoms with Gasteiger partial charge < -0.3 is 20.6 Å². The van der Waals surface area contributed by atoms with E-state index in [1.54, 1.807) is 6.07 Å². The van der Waals surface area contributed by atoms with E-state index in [4.69, 9.17) is 5.73 Å². The van der Waals surface area contributed by atoms with Crippen molar-refractivity contribution in [3.8, 4) is 5.75 Å². The summed E-state index contributed by atoms with van der Waals surface area (Å²) in [5.74, 6) is 0.395. The minimum absolute atomic E-state index is 0.108. The molecule has 5 nitrogen and oxygen atoms in total. The lowest BCUT2D eigenvalue weighted by Crippen LogP contribution is -2.53. The van der Waals surface area contributed by atoms with Crippen molar-refractivity contribution in [1.82, 2.24) is 4.90 Å². The summed E-state index contributed by atoms with van der Waals surface area (Å²) in [5.41, 5.74) is 5.99. The number of aromatic hydroxyl groups is 1. The van der Waals surface area contributed by atoms with Crippen molar-refractivity contribution in [1.29, 1.82) is 0 Å². The van der Waals surface area contributed by atoms with E-state index in [0.29, 0.717) is 19.6 Å². The number of carbonyl (C=O) groups is 1. The number of phenolic OH excluding ortho intramolecular Hbond substituents is 1. The standard InChI is InChI=1S/C15H23N3O2/c1-15(2,11-16)14(20)18-9-7-17(8-10-18)12-5-3-4-6-13(12)19/h3-6,19H,7-11,16H2,1-2H3. The Hall–Kier alpha value is -1.75. The summed E-state index contributed by atoms with van der Waals surface area (Å²) in [6.45, 7) is 6.89. The minimum Gasteiger partial charge on any atom is -0.506 e. The monoisotopic (exact) mass is 277 g/mol. The third kappa shape index (κ3) is 2.88. The molecule has 2 rings (SSSR count). The van der Waals surface area contributed by atoms with Crippen LogP contribution in [-0.4, -0.2) is 48.6 Å². The maximum Gasteiger partial charge on any atom is 0.229 e. The summed E-state index contributed by atoms with van der Waals surface area (Å²) in [6, 6.07) is 7.30. The topological polar surface area (TPSA) is 69.8 Å². The maximum absolute atomic E-state index is 12.3. The van der Waals surface area contributed by atoms with Gasteiger partial charge in [0.25, 0.3) is 0 Å². The van der Waals surface area contributed by atoms with Crippen LogP contribution in [0.5, 0.6) is 5.75 Å². The first-order valence-electron chi connectivity index (χ1n) is 6.98. The van der Waals surface area contributed by atoms with E-state index in [1.807, 2.05) is 36.9 Å². The lowest BCUT2D eigenvalue weighted by atomic mass is 9.91. The predicted octanol–water partition coefficient (Wildman–Crippen LogP) is 1.03. The van der Waals surface area contributed by atoms with Crippen LogP contribution in [0.3, 0.4) is 0 Å². The van der Waals surface area contributed by atoms with E-state index in [0.717, 1.165) is 18.8 Å². The normalized spacial score (nSPS) is 16.4. The van der Waals surface area contributed by atoms with Gasteiger partial charge in [0, 0.05) is 32.7 Å². The molecule has 0 aliphatic carbocycles. The Morgan fingerprint density at radius 2 is 1.85 bits per heavy atom. The third-order valence-corrected chi connectivity index (χ3v) is 3.88. The van der Waals surface area contributed by atoms with Gasteiger partial charge in [0.2, 0.25) is 5.91 Å². The fourth-order valence-corrected chi connectivity index (χ4v) is 2.40. The smallest absolute Gasteiger partial charge is 0.229 e. The summed E-state index contributed by atoms with van der Waals surface area (Å²) >= 11 is 0. The van der Waals surface area contributed by atoms with Gasteiger partial charge in [0.15, 0.2) is 0 Å². The molecule has 0 aromatic heterocycles. The highest BCUT2D eigenvalue weighted by Crippen LogP contribution is 2.28. The van der Waals surface area contributed by atoms with Crippen molar-refractivity contribution in [2.45, 2.75) is 13.8 Å². The van der Waals surface area contributed by atoms with Gasteiger partial charge in [-0.2, -0.15) is 0 Å². The molecular formula is C15H23N3O2. The number of hydrogen-bond acceptors (Lipinski definition) is 4. The number of anilines is 1. The van der Waals surface area contributed by atoms with E-state index >= 15 is 0 Å². The number of nitrogens with two attached hydrogens (primary N) is 1. The fourth-order valence-electron chi connectivity index (χ4n) is 2.40. The Morgan fingerprint density at radius 3 is 2.40 bits per heavy atom. The molecule has 0 atom stereocenters. The largest absolute Gasteiger partial charge is 0.506 e. The molecular weight excluding hydrogens is 254 g/mol. The molecule has 1 fully saturated rings. The molecule has 1 aliphatic heterocycles. The first-order valence-corrected chi connectivity index (χ1v) is 6.98. The highest BCUT2D eigenvalue weighted by atomic mass is 16.3. The molecule has 0 radical (unpaired) electrons. The van der Waals surface area contributed by atoms with Crippen molar-refractivity contribution in [3.63, 3.8) is 0 Å². The van der Waals surface area contributed by atoms with Gasteiger partial charge in [-0.15, -0.1) is 0 Å². The molecule has 1 saturated heterocycles. The number of rotatable bonds is 3. The van der Waals surface area contributed by atoms with Gasteiger partial charge in [0.05, 0.1) is 11.1 Å². The Balaban J connectivity index is 2.00. The minimum atomic E-state index is -0.503. The number of nitrogens with zero attached hydrogens (tertiary/aromatic N) is 2. The van der Waals surface area contributed by atoms with Crippen LogP contribution in [0.4, 0.5) is 5.69 Å². The van der Waals surface area contributed by atoms with Crippen LogP contribution in [0.15, 0.2) is 24.3 Å². The van der Waals surface area contributed by atoms with Gasteiger partial charge >= 0.3 is 0 Å². The van der Waals surface area contributed by atoms with E-state index in [2.05, 4.69) is 4.90 Å². The molecule has 0 saturated carbocycles. The van der Waals surface area contributed by atoms with E-state index < -0.39 is 5.41 Å². The van der Waals surface area contributed by atoms with Crippen LogP contribution in [-0.2, 0) is 4.79 Å². The molecule has 0 unspecified atom stereocenters. The van der Waals surface area contributed by atoms with E-state index in [9.17, 15) is 9.90 Å². The van der Waals surface area contributed by atoms with Crippen LogP contribution in [0, 0.1) is 5.41 Å². The number of piperazine rings is 1. The molecule has 1 amide bonds. The van der Waals surface area contributed by atoms with Crippen molar-refractivity contribution in [3.05, 3.63) is 24.3 Å². The number of hydrogen-bond donors (Lipinski definition) is 2. The molecule has 1 aromatic carbocycles. The number of para-hydroxylation sites is 2. The van der Waals surface area contributed by atoms with E-state index in [1.165, 1.54) is 0 Å². The molecule has 1 aliphatic rings. The predicted molar refractivity (Wildman–Crippen MR) is 79.7 cm³/mol. The van der Waals surface area contributed by atoms with Crippen LogP contribution in [0.25, 0.3) is 0 Å². The van der Waals surface area contributed by atoms with Gasteiger partial charge in [-0.05, 0) is 26.0 Å². The second kappa shape index (κ2) is 5.71. The highest BCUT2D eigenvalue weighted by Gasteiger charge is 2.32. The lowest BCUT2D eigenvalue weighted by molar-refractivity contribution is -0.140. The maximum atomic E-state index is 12.3. The van der Waals surface area contributed by atoms with Crippen LogP contribution in [0.1, 0.15) is 13.8 Å². The van der Waals surface area contributed by atoms with Gasteiger partial charge in [-0.1, -0.05) is 12.1 Å². The van der Waals surface area contributed by atoms with Crippen molar-refractivity contribution in [2.24, 2.45) is 11.1 Å². The Labute approximate surface area is 120 Å². The van der Waals surface area contributed by atoms with Gasteiger partial charge in [0.1, 0.15) is 5.75 Å². The zero-order valence-corrected chi connectivity index (χ0v) is 12.2. The fraction of sp³-hybridized carbons (Fsp3) is 0.533. The summed E-state index contributed by atoms with van der Waals surface area (Å²) < 4.78 is 0. The molecule has 110 valence electrons. The van der Waals surface area contributed by atoms with Crippen molar-refractivity contribution < 1.29 is 9.90 Å². The summed E-state index contributed by atoms with van der Waals surface area (Å²) in [4.78, 5) is 16.3. The summed E-state index contributed by atoms with van der Waals surface area (Å²) in [5, 5.41) is 9.87. The number of benzene rings is 1. The first-order chi connectivity index (χ1) is 9.45. The molecule has 0 spiro atoms. The molecule has 3 N–H and O–H groups in total. The number of carbonyl (C=O) groups excluding carboxylic acids is 1. The number of amides is 1. The van der Waals surface area contributed by atoms with Crippen LogP contribution >= 0.6 is 0 Å². The Bertz CT molecular complexity index is 480. The number of phenols is 1. The quantitative estimate of drug-likeness (QED) is 0.865. The molecule has 5 heteroatoms. The second-order valence-corrected chi connectivity index (χ2v) is 5.86. The Kier molecular flexibility index (Phi) is 4.18. The second-order valence-electron chi connectivity index (χ2n) is 5.86. The van der Waals surface area contributed by atoms with Gasteiger partial charge in [-0.25, -0.2) is 0 Å². The van der Waals surface area contributed by atoms with Gasteiger partial charge in [-0.3, -0.25) is 4.79 Å². The van der Waals surface area contributed by atoms with Crippen LogP contribution < -0.4 is 10.6 Å². The zero-order valence-electron chi connectivity index (χ0n) is 12.2. The van der Waals surface area contributed by atoms with Crippen LogP contribution in [0.2, 0.25) is 0 Å². The van der Waals surface area contributed by atoms with Crippen molar-refractivity contribution >= 4 is 11.6 Å². The summed E-state index contributed by atoms with van der Waals surface area (Å²) in [6.07, 6.45) is 0. The first kappa shape index (κ1) is 14.7. The lowest BCUT2D eigenvalue weighted by Gasteiger charge is -2.39. The average Bonchev–Trinajstić information content (AvgIpc) is 2.47. The molecule has 0 bridgehead atoms. The highest BCUT2D eigenvalue weighted by molar-refractivity contribution is 5.82. The zero-order chi connectivity index (χ0) is 14.8. The Morgan fingerprint density at radius 1 is 1.25 bits per heavy atom. The molecule has 1 aromatic rings. The third-order valence-electron chi connectivity index (χ3n) is 3.88. The SMILES string of the molecule is CC(C)(CN)C(=O)N1CCN(c2ccccc2O)CC1.